The minimum absolute atomic E-state index is 0.184. The van der Waals surface area contributed by atoms with Crippen molar-refractivity contribution in [3.63, 3.8) is 0 Å². The second kappa shape index (κ2) is 6.39. The third-order valence-corrected chi connectivity index (χ3v) is 2.45. The summed E-state index contributed by atoms with van der Waals surface area (Å²) in [7, 11) is 0. The van der Waals surface area contributed by atoms with Crippen LogP contribution >= 0.6 is 15.9 Å². The number of carbonyl (C=O) groups excluding carboxylic acids is 2. The predicted molar refractivity (Wildman–Crippen MR) is 66.3 cm³/mol. The molecule has 0 atom stereocenters. The SMILES string of the molecule is CC(C)OC(=O)COc1c(Br)cccc1C=O. The Morgan fingerprint density at radius 2 is 2.18 bits per heavy atom. The van der Waals surface area contributed by atoms with Crippen LogP contribution in [0.3, 0.4) is 0 Å². The fourth-order valence-corrected chi connectivity index (χ4v) is 1.69. The fourth-order valence-electron chi connectivity index (χ4n) is 1.20. The van der Waals surface area contributed by atoms with E-state index >= 15 is 0 Å². The van der Waals surface area contributed by atoms with Gasteiger partial charge in [0.15, 0.2) is 12.9 Å². The molecule has 0 heterocycles. The smallest absolute Gasteiger partial charge is 0.344 e. The Morgan fingerprint density at radius 1 is 1.47 bits per heavy atom. The van der Waals surface area contributed by atoms with Crippen molar-refractivity contribution in [2.45, 2.75) is 20.0 Å². The third kappa shape index (κ3) is 4.19. The number of aldehydes is 1. The van der Waals surface area contributed by atoms with Crippen LogP contribution in [0.25, 0.3) is 0 Å². The van der Waals surface area contributed by atoms with Crippen molar-refractivity contribution in [1.29, 1.82) is 0 Å². The molecule has 0 spiro atoms. The highest BCUT2D eigenvalue weighted by Crippen LogP contribution is 2.27. The minimum Gasteiger partial charge on any atom is -0.480 e. The van der Waals surface area contributed by atoms with Crippen molar-refractivity contribution in [3.05, 3.63) is 28.2 Å². The standard InChI is InChI=1S/C12H13BrO4/c1-8(2)17-11(15)7-16-12-9(6-14)4-3-5-10(12)13/h3-6,8H,7H2,1-2H3. The molecule has 0 amide bonds. The molecule has 1 aromatic rings. The van der Waals surface area contributed by atoms with Crippen LogP contribution < -0.4 is 4.74 Å². The Bertz CT molecular complexity index is 415. The summed E-state index contributed by atoms with van der Waals surface area (Å²) in [6.07, 6.45) is 0.490. The van der Waals surface area contributed by atoms with Gasteiger partial charge in [0.25, 0.3) is 0 Å². The largest absolute Gasteiger partial charge is 0.480 e. The number of halogens is 1. The van der Waals surface area contributed by atoms with Crippen LogP contribution in [-0.2, 0) is 9.53 Å². The average Bonchev–Trinajstić information content (AvgIpc) is 2.26. The number of hydrogen-bond acceptors (Lipinski definition) is 4. The number of carbonyl (C=O) groups is 2. The van der Waals surface area contributed by atoms with E-state index in [1.54, 1.807) is 32.0 Å². The lowest BCUT2D eigenvalue weighted by Crippen LogP contribution is -2.19. The van der Waals surface area contributed by atoms with Gasteiger partial charge in [-0.15, -0.1) is 0 Å². The van der Waals surface area contributed by atoms with Crippen molar-refractivity contribution in [1.82, 2.24) is 0 Å². The predicted octanol–water partition coefficient (Wildman–Crippen LogP) is 2.59. The van der Waals surface area contributed by atoms with Crippen molar-refractivity contribution in [2.75, 3.05) is 6.61 Å². The van der Waals surface area contributed by atoms with Crippen LogP contribution in [0.15, 0.2) is 22.7 Å². The monoisotopic (exact) mass is 300 g/mol. The average molecular weight is 301 g/mol. The van der Waals surface area contributed by atoms with Crippen LogP contribution in [0.1, 0.15) is 24.2 Å². The van der Waals surface area contributed by atoms with Crippen molar-refractivity contribution in [3.8, 4) is 5.75 Å². The van der Waals surface area contributed by atoms with Gasteiger partial charge in [-0.25, -0.2) is 4.79 Å². The summed E-state index contributed by atoms with van der Waals surface area (Å²) in [4.78, 5) is 22.1. The van der Waals surface area contributed by atoms with Gasteiger partial charge in [0, 0.05) is 0 Å². The summed E-state index contributed by atoms with van der Waals surface area (Å²) in [5, 5.41) is 0. The van der Waals surface area contributed by atoms with Gasteiger partial charge in [0.1, 0.15) is 5.75 Å². The molecule has 0 saturated carbocycles. The van der Waals surface area contributed by atoms with Crippen LogP contribution in [0.4, 0.5) is 0 Å². The molecule has 5 heteroatoms. The first-order valence-electron chi connectivity index (χ1n) is 5.10. The molecule has 0 aliphatic carbocycles. The van der Waals surface area contributed by atoms with E-state index in [0.717, 1.165) is 0 Å². The van der Waals surface area contributed by atoms with E-state index in [1.165, 1.54) is 0 Å². The van der Waals surface area contributed by atoms with E-state index in [2.05, 4.69) is 15.9 Å². The Balaban J connectivity index is 2.69. The second-order valence-corrected chi connectivity index (χ2v) is 4.46. The van der Waals surface area contributed by atoms with E-state index in [9.17, 15) is 9.59 Å². The van der Waals surface area contributed by atoms with Gasteiger partial charge < -0.3 is 9.47 Å². The molecule has 0 aromatic heterocycles. The molecule has 0 bridgehead atoms. The molecule has 0 aliphatic heterocycles. The number of rotatable bonds is 5. The van der Waals surface area contributed by atoms with Gasteiger partial charge in [-0.05, 0) is 41.9 Å². The zero-order valence-electron chi connectivity index (χ0n) is 9.60. The van der Waals surface area contributed by atoms with Gasteiger partial charge in [0.2, 0.25) is 0 Å². The first-order valence-corrected chi connectivity index (χ1v) is 5.90. The quantitative estimate of drug-likeness (QED) is 0.619. The summed E-state index contributed by atoms with van der Waals surface area (Å²) in [5.41, 5.74) is 0.386. The van der Waals surface area contributed by atoms with Gasteiger partial charge in [-0.1, -0.05) is 6.07 Å². The zero-order chi connectivity index (χ0) is 12.8. The summed E-state index contributed by atoms with van der Waals surface area (Å²) in [5.74, 6) is -0.115. The Hall–Kier alpha value is -1.36. The fraction of sp³-hybridized carbons (Fsp3) is 0.333. The number of hydrogen-bond donors (Lipinski definition) is 0. The van der Waals surface area contributed by atoms with Crippen LogP contribution in [0.2, 0.25) is 0 Å². The van der Waals surface area contributed by atoms with E-state index in [-0.39, 0.29) is 12.7 Å². The molecule has 17 heavy (non-hydrogen) atoms. The molecule has 1 aromatic carbocycles. The summed E-state index contributed by atoms with van der Waals surface area (Å²) >= 11 is 3.25. The first-order chi connectivity index (χ1) is 8.04. The highest BCUT2D eigenvalue weighted by atomic mass is 79.9. The number of ether oxygens (including phenoxy) is 2. The molecule has 0 fully saturated rings. The molecule has 0 aliphatic rings. The number of esters is 1. The number of para-hydroxylation sites is 1. The molecule has 0 N–H and O–H groups in total. The Labute approximate surface area is 108 Å². The van der Waals surface area contributed by atoms with Crippen LogP contribution in [0, 0.1) is 0 Å². The maximum Gasteiger partial charge on any atom is 0.344 e. The molecule has 92 valence electrons. The topological polar surface area (TPSA) is 52.6 Å². The Morgan fingerprint density at radius 3 is 2.76 bits per heavy atom. The van der Waals surface area contributed by atoms with Crippen molar-refractivity contribution < 1.29 is 19.1 Å². The lowest BCUT2D eigenvalue weighted by atomic mass is 10.2. The van der Waals surface area contributed by atoms with Crippen molar-refractivity contribution in [2.24, 2.45) is 0 Å². The maximum absolute atomic E-state index is 11.3. The summed E-state index contributed by atoms with van der Waals surface area (Å²) in [6, 6.07) is 5.06. The summed E-state index contributed by atoms with van der Waals surface area (Å²) < 4.78 is 10.8. The molecule has 4 nitrogen and oxygen atoms in total. The molecule has 0 radical (unpaired) electrons. The van der Waals surface area contributed by atoms with Gasteiger partial charge in [-0.2, -0.15) is 0 Å². The highest BCUT2D eigenvalue weighted by Gasteiger charge is 2.11. The van der Waals surface area contributed by atoms with Gasteiger partial charge in [-0.3, -0.25) is 4.79 Å². The molecular formula is C12H13BrO4. The normalized spacial score (nSPS) is 10.1. The highest BCUT2D eigenvalue weighted by molar-refractivity contribution is 9.10. The third-order valence-electron chi connectivity index (χ3n) is 1.83. The van der Waals surface area contributed by atoms with E-state index in [1.807, 2.05) is 0 Å². The van der Waals surface area contributed by atoms with Gasteiger partial charge in [0.05, 0.1) is 16.1 Å². The van der Waals surface area contributed by atoms with E-state index in [0.29, 0.717) is 22.1 Å². The number of benzene rings is 1. The second-order valence-electron chi connectivity index (χ2n) is 3.60. The van der Waals surface area contributed by atoms with Crippen molar-refractivity contribution >= 4 is 28.2 Å². The van der Waals surface area contributed by atoms with E-state index in [4.69, 9.17) is 9.47 Å². The lowest BCUT2D eigenvalue weighted by Gasteiger charge is -2.11. The minimum atomic E-state index is -0.465. The molecule has 1 rings (SSSR count). The molecule has 0 unspecified atom stereocenters. The summed E-state index contributed by atoms with van der Waals surface area (Å²) in [6.45, 7) is 3.29. The lowest BCUT2D eigenvalue weighted by molar-refractivity contribution is -0.149. The van der Waals surface area contributed by atoms with Crippen LogP contribution in [-0.4, -0.2) is 25.0 Å². The maximum atomic E-state index is 11.3. The van der Waals surface area contributed by atoms with E-state index < -0.39 is 5.97 Å². The molecule has 0 saturated heterocycles. The van der Waals surface area contributed by atoms with Crippen LogP contribution in [0.5, 0.6) is 5.75 Å². The van der Waals surface area contributed by atoms with Gasteiger partial charge >= 0.3 is 5.97 Å². The molecular weight excluding hydrogens is 288 g/mol. The Kier molecular flexibility index (Phi) is 5.15. The zero-order valence-corrected chi connectivity index (χ0v) is 11.2. The first kappa shape index (κ1) is 13.7.